The van der Waals surface area contributed by atoms with E-state index < -0.39 is 11.9 Å². The molecule has 0 spiro atoms. The van der Waals surface area contributed by atoms with Crippen molar-refractivity contribution < 1.29 is 28.7 Å². The van der Waals surface area contributed by atoms with Gasteiger partial charge in [0.1, 0.15) is 6.61 Å². The van der Waals surface area contributed by atoms with E-state index in [9.17, 15) is 19.2 Å². The normalized spacial score (nSPS) is 12.8. The third-order valence-corrected chi connectivity index (χ3v) is 5.67. The number of rotatable bonds is 9. The lowest BCUT2D eigenvalue weighted by molar-refractivity contribution is -0.116. The summed E-state index contributed by atoms with van der Waals surface area (Å²) >= 11 is 1.29. The Morgan fingerprint density at radius 1 is 1.19 bits per heavy atom. The maximum absolute atomic E-state index is 12.6. The molecule has 0 radical (unpaired) electrons. The highest BCUT2D eigenvalue weighted by Crippen LogP contribution is 2.25. The van der Waals surface area contributed by atoms with E-state index in [-0.39, 0.29) is 41.7 Å². The second-order valence-corrected chi connectivity index (χ2v) is 7.67. The van der Waals surface area contributed by atoms with Gasteiger partial charge in [0.05, 0.1) is 22.4 Å². The van der Waals surface area contributed by atoms with Gasteiger partial charge in [-0.25, -0.2) is 9.78 Å². The summed E-state index contributed by atoms with van der Waals surface area (Å²) in [6.07, 6.45) is 0.533. The Morgan fingerprint density at radius 3 is 2.61 bits per heavy atom. The number of hydrogen-bond acceptors (Lipinski definition) is 8. The Morgan fingerprint density at radius 2 is 1.94 bits per heavy atom. The van der Waals surface area contributed by atoms with Crippen molar-refractivity contribution in [3.8, 4) is 0 Å². The van der Waals surface area contributed by atoms with E-state index in [0.29, 0.717) is 30.4 Å². The molecule has 164 valence electrons. The smallest absolute Gasteiger partial charge is 0.338 e. The van der Waals surface area contributed by atoms with Gasteiger partial charge < -0.3 is 9.47 Å². The lowest BCUT2D eigenvalue weighted by Gasteiger charge is -2.14. The SMILES string of the molecule is CCN(C(C)=O)c1nc(COC(=O)c2ccc3c(c2)C(=O)N(CCCOC)C3=O)cs1. The van der Waals surface area contributed by atoms with E-state index >= 15 is 0 Å². The van der Waals surface area contributed by atoms with Crippen molar-refractivity contribution in [1.29, 1.82) is 0 Å². The summed E-state index contributed by atoms with van der Waals surface area (Å²) in [5.74, 6) is -1.56. The molecule has 0 saturated heterocycles. The monoisotopic (exact) mass is 445 g/mol. The first kappa shape index (κ1) is 22.6. The molecule has 0 fully saturated rings. The number of hydrogen-bond donors (Lipinski definition) is 0. The first-order valence-corrected chi connectivity index (χ1v) is 10.6. The van der Waals surface area contributed by atoms with Crippen LogP contribution in [0.15, 0.2) is 23.6 Å². The predicted octanol–water partition coefficient (Wildman–Crippen LogP) is 2.51. The van der Waals surface area contributed by atoms with E-state index in [1.54, 1.807) is 12.5 Å². The number of anilines is 1. The first-order valence-electron chi connectivity index (χ1n) is 9.76. The van der Waals surface area contributed by atoms with Crippen molar-refractivity contribution in [2.45, 2.75) is 26.9 Å². The Kier molecular flexibility index (Phi) is 7.13. The number of benzene rings is 1. The van der Waals surface area contributed by atoms with Crippen LogP contribution in [0.3, 0.4) is 0 Å². The van der Waals surface area contributed by atoms with Gasteiger partial charge >= 0.3 is 5.97 Å². The van der Waals surface area contributed by atoms with Gasteiger partial charge in [0.25, 0.3) is 11.8 Å². The van der Waals surface area contributed by atoms with E-state index in [1.807, 2.05) is 6.92 Å². The molecule has 0 unspecified atom stereocenters. The van der Waals surface area contributed by atoms with Crippen molar-refractivity contribution in [1.82, 2.24) is 9.88 Å². The summed E-state index contributed by atoms with van der Waals surface area (Å²) in [7, 11) is 1.55. The molecule has 0 N–H and O–H groups in total. The zero-order valence-corrected chi connectivity index (χ0v) is 18.4. The van der Waals surface area contributed by atoms with Crippen LogP contribution in [-0.4, -0.2) is 60.4 Å². The maximum atomic E-state index is 12.6. The van der Waals surface area contributed by atoms with Crippen molar-refractivity contribution in [3.05, 3.63) is 46.0 Å². The van der Waals surface area contributed by atoms with Gasteiger partial charge in [0.15, 0.2) is 5.13 Å². The van der Waals surface area contributed by atoms with Gasteiger partial charge in [-0.1, -0.05) is 0 Å². The summed E-state index contributed by atoms with van der Waals surface area (Å²) < 4.78 is 10.3. The van der Waals surface area contributed by atoms with Crippen LogP contribution < -0.4 is 4.90 Å². The van der Waals surface area contributed by atoms with Gasteiger partial charge in [-0.15, -0.1) is 11.3 Å². The van der Waals surface area contributed by atoms with Crippen LogP contribution in [0.2, 0.25) is 0 Å². The highest BCUT2D eigenvalue weighted by molar-refractivity contribution is 7.14. The quantitative estimate of drug-likeness (QED) is 0.332. The highest BCUT2D eigenvalue weighted by Gasteiger charge is 2.35. The molecular formula is C21H23N3O6S. The van der Waals surface area contributed by atoms with Crippen LogP contribution in [0.4, 0.5) is 5.13 Å². The molecule has 1 aliphatic rings. The Hall–Kier alpha value is -3.11. The predicted molar refractivity (Wildman–Crippen MR) is 113 cm³/mol. The average Bonchev–Trinajstić information content (AvgIpc) is 3.31. The molecular weight excluding hydrogens is 422 g/mol. The molecule has 0 atom stereocenters. The number of carbonyl (C=O) groups is 4. The number of fused-ring (bicyclic) bond motifs is 1. The standard InChI is InChI=1S/C21H23N3O6S/c1-4-23(13(2)25)21-22-15(12-31-21)11-30-20(28)14-6-7-16-17(10-14)19(27)24(18(16)26)8-5-9-29-3/h6-7,10,12H,4-5,8-9,11H2,1-3H3. The molecule has 2 aromatic rings. The second kappa shape index (κ2) is 9.80. The number of esters is 1. The van der Waals surface area contributed by atoms with Gasteiger partial charge in [-0.2, -0.15) is 0 Å². The zero-order valence-electron chi connectivity index (χ0n) is 17.5. The zero-order chi connectivity index (χ0) is 22.5. The molecule has 9 nitrogen and oxygen atoms in total. The van der Waals surface area contributed by atoms with Crippen molar-refractivity contribution >= 4 is 40.2 Å². The second-order valence-electron chi connectivity index (χ2n) is 6.83. The van der Waals surface area contributed by atoms with Crippen molar-refractivity contribution in [2.75, 3.05) is 31.7 Å². The van der Waals surface area contributed by atoms with E-state index in [0.717, 1.165) is 4.90 Å². The number of imide groups is 1. The molecule has 0 saturated carbocycles. The maximum Gasteiger partial charge on any atom is 0.338 e. The summed E-state index contributed by atoms with van der Waals surface area (Å²) in [5, 5.41) is 2.26. The fourth-order valence-corrected chi connectivity index (χ4v) is 4.11. The third kappa shape index (κ3) is 4.80. The number of thiazole rings is 1. The first-order chi connectivity index (χ1) is 14.9. The van der Waals surface area contributed by atoms with Crippen LogP contribution in [0.5, 0.6) is 0 Å². The number of carbonyl (C=O) groups excluding carboxylic acids is 4. The highest BCUT2D eigenvalue weighted by atomic mass is 32.1. The molecule has 1 aromatic carbocycles. The van der Waals surface area contributed by atoms with E-state index in [1.165, 1.54) is 41.4 Å². The minimum atomic E-state index is -0.630. The van der Waals surface area contributed by atoms with Crippen molar-refractivity contribution in [2.24, 2.45) is 0 Å². The molecule has 10 heteroatoms. The molecule has 3 amide bonds. The lowest BCUT2D eigenvalue weighted by atomic mass is 10.1. The minimum absolute atomic E-state index is 0.0715. The summed E-state index contributed by atoms with van der Waals surface area (Å²) in [6.45, 7) is 4.42. The van der Waals surface area contributed by atoms with Gasteiger partial charge in [-0.05, 0) is 31.5 Å². The Labute approximate surface area is 183 Å². The molecule has 31 heavy (non-hydrogen) atoms. The fourth-order valence-electron chi connectivity index (χ4n) is 3.19. The fraction of sp³-hybridized carbons (Fsp3) is 0.381. The Bertz CT molecular complexity index is 1020. The molecule has 3 rings (SSSR count). The molecule has 2 heterocycles. The van der Waals surface area contributed by atoms with Crippen LogP contribution in [-0.2, 0) is 20.9 Å². The van der Waals surface area contributed by atoms with Crippen LogP contribution in [0, 0.1) is 0 Å². The topological polar surface area (TPSA) is 106 Å². The number of amides is 3. The number of ether oxygens (including phenoxy) is 2. The molecule has 1 aromatic heterocycles. The van der Waals surface area contributed by atoms with E-state index in [2.05, 4.69) is 4.98 Å². The largest absolute Gasteiger partial charge is 0.456 e. The third-order valence-electron chi connectivity index (χ3n) is 4.75. The molecule has 1 aliphatic heterocycles. The Balaban J connectivity index is 1.66. The van der Waals surface area contributed by atoms with Crippen LogP contribution >= 0.6 is 11.3 Å². The van der Waals surface area contributed by atoms with Crippen molar-refractivity contribution in [3.63, 3.8) is 0 Å². The van der Waals surface area contributed by atoms with Crippen LogP contribution in [0.1, 0.15) is 57.0 Å². The van der Waals surface area contributed by atoms with Gasteiger partial charge in [0.2, 0.25) is 5.91 Å². The summed E-state index contributed by atoms with van der Waals surface area (Å²) in [5.41, 5.74) is 1.15. The summed E-state index contributed by atoms with van der Waals surface area (Å²) in [4.78, 5) is 56.1. The van der Waals surface area contributed by atoms with Gasteiger partial charge in [-0.3, -0.25) is 24.2 Å². The molecule has 0 aliphatic carbocycles. The summed E-state index contributed by atoms with van der Waals surface area (Å²) in [6, 6.07) is 4.32. The number of methoxy groups -OCH3 is 1. The number of nitrogens with zero attached hydrogens (tertiary/aromatic N) is 3. The van der Waals surface area contributed by atoms with Crippen LogP contribution in [0.25, 0.3) is 0 Å². The molecule has 0 bridgehead atoms. The number of aromatic nitrogens is 1. The lowest BCUT2D eigenvalue weighted by Crippen LogP contribution is -2.31. The minimum Gasteiger partial charge on any atom is -0.456 e. The van der Waals surface area contributed by atoms with E-state index in [4.69, 9.17) is 9.47 Å². The average molecular weight is 445 g/mol. The van der Waals surface area contributed by atoms with Gasteiger partial charge in [0, 0.05) is 39.1 Å².